The fourth-order valence-corrected chi connectivity index (χ4v) is 4.03. The molecule has 2 aromatic rings. The molecule has 1 aliphatic heterocycles. The van der Waals surface area contributed by atoms with Crippen LogP contribution in [0.25, 0.3) is 11.8 Å². The quantitative estimate of drug-likeness (QED) is 0.498. The fourth-order valence-electron chi connectivity index (χ4n) is 4.03. The van der Waals surface area contributed by atoms with E-state index in [1.807, 2.05) is 26.0 Å². The van der Waals surface area contributed by atoms with Crippen LogP contribution in [0, 0.1) is 20.8 Å². The van der Waals surface area contributed by atoms with E-state index in [4.69, 9.17) is 9.47 Å². The summed E-state index contributed by atoms with van der Waals surface area (Å²) in [5.74, 6) is -0.690. The number of carbonyl (C=O) groups is 2. The molecule has 0 radical (unpaired) electrons. The van der Waals surface area contributed by atoms with Crippen molar-refractivity contribution >= 4 is 18.0 Å². The maximum Gasteiger partial charge on any atom is 0.340 e. The molecule has 6 nitrogen and oxygen atoms in total. The molecule has 164 valence electrons. The van der Waals surface area contributed by atoms with Crippen LogP contribution in [0.4, 0.5) is 0 Å². The third kappa shape index (κ3) is 4.35. The Morgan fingerprint density at radius 3 is 2.52 bits per heavy atom. The molecule has 0 atom stereocenters. The minimum atomic E-state index is -0.480. The molecule has 0 spiro atoms. The minimum Gasteiger partial charge on any atom is -0.462 e. The molecular weight excluding hydrogens is 392 g/mol. The highest BCUT2D eigenvalue weighted by Crippen LogP contribution is 2.33. The predicted molar refractivity (Wildman–Crippen MR) is 121 cm³/mol. The highest BCUT2D eigenvalue weighted by Gasteiger charge is 2.37. The zero-order chi connectivity index (χ0) is 22.7. The lowest BCUT2D eigenvalue weighted by Crippen LogP contribution is -2.28. The van der Waals surface area contributed by atoms with Gasteiger partial charge in [0.15, 0.2) is 0 Å². The van der Waals surface area contributed by atoms with Gasteiger partial charge in [0.25, 0.3) is 5.91 Å². The van der Waals surface area contributed by atoms with Gasteiger partial charge in [-0.05, 0) is 70.0 Å². The SMILES string of the molecule is CCOC(=O)C1=C(C)N(CCOC)C(=O)C1=Cc1cc(C)n(-c2cccc(C)c2)c1C. The van der Waals surface area contributed by atoms with Crippen molar-refractivity contribution in [1.29, 1.82) is 0 Å². The van der Waals surface area contributed by atoms with Gasteiger partial charge < -0.3 is 18.9 Å². The van der Waals surface area contributed by atoms with E-state index in [2.05, 4.69) is 29.7 Å². The second kappa shape index (κ2) is 9.35. The summed E-state index contributed by atoms with van der Waals surface area (Å²) >= 11 is 0. The summed E-state index contributed by atoms with van der Waals surface area (Å²) in [6.45, 7) is 10.7. The van der Waals surface area contributed by atoms with Crippen LogP contribution in [0.1, 0.15) is 36.4 Å². The standard InChI is InChI=1S/C25H30N2O4/c1-7-31-25(29)23-19(5)26(11-12-30-6)24(28)22(23)15-20-14-17(3)27(18(20)4)21-10-8-9-16(2)13-21/h8-10,13-15H,7,11-12H2,1-6H3. The highest BCUT2D eigenvalue weighted by molar-refractivity contribution is 6.16. The van der Waals surface area contributed by atoms with Crippen LogP contribution in [-0.2, 0) is 19.1 Å². The van der Waals surface area contributed by atoms with E-state index in [1.54, 1.807) is 31.9 Å². The van der Waals surface area contributed by atoms with Crippen LogP contribution in [0.15, 0.2) is 47.2 Å². The molecule has 31 heavy (non-hydrogen) atoms. The van der Waals surface area contributed by atoms with E-state index in [1.165, 1.54) is 5.56 Å². The zero-order valence-electron chi connectivity index (χ0n) is 19.1. The molecule has 0 aliphatic carbocycles. The van der Waals surface area contributed by atoms with Crippen LogP contribution >= 0.6 is 0 Å². The molecule has 0 saturated heterocycles. The minimum absolute atomic E-state index is 0.210. The predicted octanol–water partition coefficient (Wildman–Crippen LogP) is 4.11. The van der Waals surface area contributed by atoms with E-state index in [0.29, 0.717) is 30.0 Å². The summed E-state index contributed by atoms with van der Waals surface area (Å²) in [7, 11) is 1.59. The third-order valence-electron chi connectivity index (χ3n) is 5.54. The van der Waals surface area contributed by atoms with Crippen molar-refractivity contribution < 1.29 is 19.1 Å². The fraction of sp³-hybridized carbons (Fsp3) is 0.360. The average Bonchev–Trinajstić information content (AvgIpc) is 3.13. The van der Waals surface area contributed by atoms with Crippen molar-refractivity contribution in [2.24, 2.45) is 0 Å². The molecule has 0 fully saturated rings. The number of aryl methyl sites for hydroxylation is 2. The third-order valence-corrected chi connectivity index (χ3v) is 5.54. The number of methoxy groups -OCH3 is 1. The molecule has 0 bridgehead atoms. The molecule has 0 N–H and O–H groups in total. The van der Waals surface area contributed by atoms with E-state index < -0.39 is 5.97 Å². The summed E-state index contributed by atoms with van der Waals surface area (Å²) in [5.41, 5.74) is 6.46. The molecular formula is C25H30N2O4. The van der Waals surface area contributed by atoms with Crippen molar-refractivity contribution in [3.63, 3.8) is 0 Å². The molecule has 1 aromatic carbocycles. The van der Waals surface area contributed by atoms with E-state index >= 15 is 0 Å². The number of hydrogen-bond acceptors (Lipinski definition) is 4. The van der Waals surface area contributed by atoms with Crippen LogP contribution in [-0.4, -0.2) is 48.2 Å². The van der Waals surface area contributed by atoms with Gasteiger partial charge in [-0.15, -0.1) is 0 Å². The van der Waals surface area contributed by atoms with Gasteiger partial charge in [0, 0.05) is 36.4 Å². The van der Waals surface area contributed by atoms with Gasteiger partial charge in [-0.25, -0.2) is 4.79 Å². The summed E-state index contributed by atoms with van der Waals surface area (Å²) in [5, 5.41) is 0. The van der Waals surface area contributed by atoms with Crippen LogP contribution in [0.3, 0.4) is 0 Å². The molecule has 1 amide bonds. The zero-order valence-corrected chi connectivity index (χ0v) is 19.1. The van der Waals surface area contributed by atoms with Crippen molar-refractivity contribution in [3.8, 4) is 5.69 Å². The van der Waals surface area contributed by atoms with Gasteiger partial charge in [0.05, 0.1) is 24.4 Å². The first-order valence-electron chi connectivity index (χ1n) is 10.5. The Morgan fingerprint density at radius 2 is 1.87 bits per heavy atom. The number of ether oxygens (including phenoxy) is 2. The topological polar surface area (TPSA) is 60.8 Å². The number of carbonyl (C=O) groups excluding carboxylic acids is 2. The second-order valence-corrected chi connectivity index (χ2v) is 7.69. The summed E-state index contributed by atoms with van der Waals surface area (Å²) in [6.07, 6.45) is 1.81. The summed E-state index contributed by atoms with van der Waals surface area (Å²) < 4.78 is 12.5. The van der Waals surface area contributed by atoms with Gasteiger partial charge in [-0.1, -0.05) is 12.1 Å². The van der Waals surface area contributed by atoms with Crippen LogP contribution in [0.2, 0.25) is 0 Å². The number of benzene rings is 1. The van der Waals surface area contributed by atoms with Crippen molar-refractivity contribution in [2.45, 2.75) is 34.6 Å². The van der Waals surface area contributed by atoms with Gasteiger partial charge >= 0.3 is 5.97 Å². The number of esters is 1. The smallest absolute Gasteiger partial charge is 0.340 e. The number of nitrogens with zero attached hydrogens (tertiary/aromatic N) is 2. The number of hydrogen-bond donors (Lipinski definition) is 0. The number of aromatic nitrogens is 1. The number of amides is 1. The summed E-state index contributed by atoms with van der Waals surface area (Å²) in [4.78, 5) is 27.5. The lowest BCUT2D eigenvalue weighted by atomic mass is 10.0. The first-order chi connectivity index (χ1) is 14.8. The normalized spacial score (nSPS) is 15.4. The maximum absolute atomic E-state index is 13.2. The lowest BCUT2D eigenvalue weighted by Gasteiger charge is -2.16. The molecule has 1 aliphatic rings. The Kier molecular flexibility index (Phi) is 6.81. The Bertz CT molecular complexity index is 1080. The largest absolute Gasteiger partial charge is 0.462 e. The first-order valence-corrected chi connectivity index (χ1v) is 10.5. The Morgan fingerprint density at radius 1 is 1.13 bits per heavy atom. The van der Waals surface area contributed by atoms with E-state index in [9.17, 15) is 9.59 Å². The summed E-state index contributed by atoms with van der Waals surface area (Å²) in [6, 6.07) is 10.3. The number of allylic oxidation sites excluding steroid dienone is 1. The van der Waals surface area contributed by atoms with Gasteiger partial charge in [-0.3, -0.25) is 4.79 Å². The molecule has 6 heteroatoms. The van der Waals surface area contributed by atoms with Crippen molar-refractivity contribution in [2.75, 3.05) is 26.9 Å². The monoisotopic (exact) mass is 422 g/mol. The highest BCUT2D eigenvalue weighted by atomic mass is 16.5. The maximum atomic E-state index is 13.2. The molecule has 1 aromatic heterocycles. The molecule has 2 heterocycles. The van der Waals surface area contributed by atoms with Crippen LogP contribution in [0.5, 0.6) is 0 Å². The van der Waals surface area contributed by atoms with Gasteiger partial charge in [0.2, 0.25) is 0 Å². The van der Waals surface area contributed by atoms with Crippen LogP contribution < -0.4 is 0 Å². The molecule has 0 unspecified atom stereocenters. The van der Waals surface area contributed by atoms with Crippen molar-refractivity contribution in [1.82, 2.24) is 9.47 Å². The van der Waals surface area contributed by atoms with Crippen molar-refractivity contribution in [3.05, 3.63) is 69.7 Å². The van der Waals surface area contributed by atoms with E-state index in [-0.39, 0.29) is 12.5 Å². The van der Waals surface area contributed by atoms with Gasteiger partial charge in [-0.2, -0.15) is 0 Å². The lowest BCUT2D eigenvalue weighted by molar-refractivity contribution is -0.138. The Hall–Kier alpha value is -3.12. The second-order valence-electron chi connectivity index (χ2n) is 7.69. The molecule has 0 saturated carbocycles. The average molecular weight is 423 g/mol. The Balaban J connectivity index is 2.10. The van der Waals surface area contributed by atoms with E-state index in [0.717, 1.165) is 22.6 Å². The Labute approximate surface area is 183 Å². The first kappa shape index (κ1) is 22.6. The molecule has 3 rings (SSSR count). The number of rotatable bonds is 7. The van der Waals surface area contributed by atoms with Gasteiger partial charge in [0.1, 0.15) is 0 Å².